The number of pyridine rings is 1. The topological polar surface area (TPSA) is 64.9 Å². The summed E-state index contributed by atoms with van der Waals surface area (Å²) in [6.45, 7) is 0.587. The highest BCUT2D eigenvalue weighted by Gasteiger charge is 2.03. The van der Waals surface area contributed by atoms with Crippen molar-refractivity contribution >= 4 is 11.6 Å². The third-order valence-electron chi connectivity index (χ3n) is 1.66. The molecule has 0 aliphatic heterocycles. The zero-order chi connectivity index (χ0) is 8.97. The van der Waals surface area contributed by atoms with E-state index in [1.807, 2.05) is 6.07 Å². The number of hydrogen-bond donors (Lipinski definition) is 2. The lowest BCUT2D eigenvalue weighted by Crippen LogP contribution is -2.15. The molecule has 0 aliphatic rings. The van der Waals surface area contributed by atoms with Gasteiger partial charge in [0.2, 0.25) is 0 Å². The van der Waals surface area contributed by atoms with Crippen molar-refractivity contribution in [2.24, 2.45) is 11.5 Å². The maximum Gasteiger partial charge on any atom is 0.129 e. The molecular formula is C8H12ClN3. The lowest BCUT2D eigenvalue weighted by Gasteiger charge is -2.09. The minimum Gasteiger partial charge on any atom is -0.330 e. The Balaban J connectivity index is 2.68. The van der Waals surface area contributed by atoms with Crippen LogP contribution in [-0.4, -0.2) is 11.5 Å². The summed E-state index contributed by atoms with van der Waals surface area (Å²) >= 11 is 5.62. The van der Waals surface area contributed by atoms with E-state index >= 15 is 0 Å². The molecule has 66 valence electrons. The van der Waals surface area contributed by atoms with Crippen LogP contribution in [-0.2, 0) is 0 Å². The van der Waals surface area contributed by atoms with E-state index in [0.29, 0.717) is 11.7 Å². The van der Waals surface area contributed by atoms with E-state index in [4.69, 9.17) is 23.1 Å². The molecule has 1 atom stereocenters. The van der Waals surface area contributed by atoms with Gasteiger partial charge in [-0.15, -0.1) is 0 Å². The van der Waals surface area contributed by atoms with Crippen molar-refractivity contribution < 1.29 is 0 Å². The van der Waals surface area contributed by atoms with Gasteiger partial charge in [-0.25, -0.2) is 4.98 Å². The van der Waals surface area contributed by atoms with Gasteiger partial charge < -0.3 is 11.5 Å². The molecule has 0 spiro atoms. The predicted octanol–water partition coefficient (Wildman–Crippen LogP) is 1.08. The summed E-state index contributed by atoms with van der Waals surface area (Å²) in [7, 11) is 0. The Morgan fingerprint density at radius 2 is 2.25 bits per heavy atom. The van der Waals surface area contributed by atoms with Gasteiger partial charge in [0.05, 0.1) is 0 Å². The summed E-state index contributed by atoms with van der Waals surface area (Å²) in [5.41, 5.74) is 12.1. The van der Waals surface area contributed by atoms with E-state index in [9.17, 15) is 0 Å². The Morgan fingerprint density at radius 1 is 1.50 bits per heavy atom. The van der Waals surface area contributed by atoms with E-state index < -0.39 is 0 Å². The third kappa shape index (κ3) is 2.44. The highest BCUT2D eigenvalue weighted by atomic mass is 35.5. The minimum absolute atomic E-state index is 0.0280. The molecule has 0 aromatic carbocycles. The van der Waals surface area contributed by atoms with Crippen molar-refractivity contribution in [3.8, 4) is 0 Å². The molecule has 0 saturated carbocycles. The standard InChI is InChI=1S/C8H12ClN3/c9-8-2-1-6(5-12-8)7(11)3-4-10/h1-2,5,7H,3-4,10-11H2/t7-/m1/s1. The van der Waals surface area contributed by atoms with Crippen LogP contribution in [0.15, 0.2) is 18.3 Å². The number of nitrogens with two attached hydrogens (primary N) is 2. The Morgan fingerprint density at radius 3 is 2.75 bits per heavy atom. The number of rotatable bonds is 3. The average molecular weight is 186 g/mol. The normalized spacial score (nSPS) is 12.9. The first-order valence-corrected chi connectivity index (χ1v) is 4.19. The van der Waals surface area contributed by atoms with Gasteiger partial charge in [0.15, 0.2) is 0 Å². The Labute approximate surface area is 76.7 Å². The molecule has 1 aromatic rings. The molecule has 0 unspecified atom stereocenters. The quantitative estimate of drug-likeness (QED) is 0.693. The number of hydrogen-bond acceptors (Lipinski definition) is 3. The minimum atomic E-state index is -0.0280. The van der Waals surface area contributed by atoms with Gasteiger partial charge in [-0.3, -0.25) is 0 Å². The SMILES string of the molecule is NCC[C@@H](N)c1ccc(Cl)nc1. The van der Waals surface area contributed by atoms with Crippen LogP contribution in [0.1, 0.15) is 18.0 Å². The predicted molar refractivity (Wildman–Crippen MR) is 49.8 cm³/mol. The second-order valence-corrected chi connectivity index (χ2v) is 2.99. The second kappa shape index (κ2) is 4.40. The van der Waals surface area contributed by atoms with Gasteiger partial charge in [-0.1, -0.05) is 17.7 Å². The first-order valence-electron chi connectivity index (χ1n) is 3.81. The summed E-state index contributed by atoms with van der Waals surface area (Å²) in [5.74, 6) is 0. The van der Waals surface area contributed by atoms with E-state index in [1.54, 1.807) is 12.3 Å². The van der Waals surface area contributed by atoms with Crippen LogP contribution < -0.4 is 11.5 Å². The fraction of sp³-hybridized carbons (Fsp3) is 0.375. The molecular weight excluding hydrogens is 174 g/mol. The number of halogens is 1. The van der Waals surface area contributed by atoms with Crippen molar-refractivity contribution in [1.82, 2.24) is 4.98 Å². The summed E-state index contributed by atoms with van der Waals surface area (Å²) in [5, 5.41) is 0.485. The summed E-state index contributed by atoms with van der Waals surface area (Å²) in [6, 6.07) is 3.57. The number of aromatic nitrogens is 1. The molecule has 4 N–H and O–H groups in total. The number of nitrogens with zero attached hydrogens (tertiary/aromatic N) is 1. The highest BCUT2D eigenvalue weighted by Crippen LogP contribution is 2.13. The van der Waals surface area contributed by atoms with E-state index in [1.165, 1.54) is 0 Å². The van der Waals surface area contributed by atoms with Gasteiger partial charge in [-0.2, -0.15) is 0 Å². The van der Waals surface area contributed by atoms with Gasteiger partial charge in [0.25, 0.3) is 0 Å². The van der Waals surface area contributed by atoms with Crippen LogP contribution in [0, 0.1) is 0 Å². The van der Waals surface area contributed by atoms with Gasteiger partial charge in [0, 0.05) is 12.2 Å². The van der Waals surface area contributed by atoms with Crippen LogP contribution in [0.4, 0.5) is 0 Å². The van der Waals surface area contributed by atoms with Crippen molar-refractivity contribution in [3.05, 3.63) is 29.0 Å². The Bertz CT molecular complexity index is 235. The molecule has 12 heavy (non-hydrogen) atoms. The molecule has 0 amide bonds. The van der Waals surface area contributed by atoms with Crippen LogP contribution in [0.25, 0.3) is 0 Å². The van der Waals surface area contributed by atoms with E-state index in [0.717, 1.165) is 12.0 Å². The largest absolute Gasteiger partial charge is 0.330 e. The fourth-order valence-electron chi connectivity index (χ4n) is 0.953. The first-order chi connectivity index (χ1) is 5.74. The Hall–Kier alpha value is -0.640. The van der Waals surface area contributed by atoms with Crippen LogP contribution in [0.2, 0.25) is 5.15 Å². The smallest absolute Gasteiger partial charge is 0.129 e. The maximum atomic E-state index is 5.79. The maximum absolute atomic E-state index is 5.79. The molecule has 1 heterocycles. The van der Waals surface area contributed by atoms with Crippen molar-refractivity contribution in [1.29, 1.82) is 0 Å². The summed E-state index contributed by atoms with van der Waals surface area (Å²) < 4.78 is 0. The molecule has 1 aromatic heterocycles. The second-order valence-electron chi connectivity index (χ2n) is 2.60. The molecule has 0 saturated heterocycles. The lowest BCUT2D eigenvalue weighted by atomic mass is 10.1. The van der Waals surface area contributed by atoms with Crippen molar-refractivity contribution in [2.45, 2.75) is 12.5 Å². The zero-order valence-corrected chi connectivity index (χ0v) is 7.46. The first kappa shape index (κ1) is 9.45. The molecule has 3 nitrogen and oxygen atoms in total. The van der Waals surface area contributed by atoms with Gasteiger partial charge >= 0.3 is 0 Å². The molecule has 0 fully saturated rings. The molecule has 0 aliphatic carbocycles. The zero-order valence-electron chi connectivity index (χ0n) is 6.70. The van der Waals surface area contributed by atoms with Gasteiger partial charge in [0.1, 0.15) is 5.15 Å². The van der Waals surface area contributed by atoms with Crippen LogP contribution in [0.5, 0.6) is 0 Å². The van der Waals surface area contributed by atoms with E-state index in [-0.39, 0.29) is 6.04 Å². The summed E-state index contributed by atoms with van der Waals surface area (Å²) in [4.78, 5) is 3.93. The van der Waals surface area contributed by atoms with Crippen LogP contribution in [0.3, 0.4) is 0 Å². The van der Waals surface area contributed by atoms with E-state index in [2.05, 4.69) is 4.98 Å². The molecule has 0 radical (unpaired) electrons. The lowest BCUT2D eigenvalue weighted by molar-refractivity contribution is 0.659. The molecule has 4 heteroatoms. The average Bonchev–Trinajstić information content (AvgIpc) is 2.06. The third-order valence-corrected chi connectivity index (χ3v) is 1.88. The van der Waals surface area contributed by atoms with Gasteiger partial charge in [-0.05, 0) is 24.6 Å². The van der Waals surface area contributed by atoms with Crippen molar-refractivity contribution in [3.63, 3.8) is 0 Å². The van der Waals surface area contributed by atoms with Crippen molar-refractivity contribution in [2.75, 3.05) is 6.54 Å². The summed E-state index contributed by atoms with van der Waals surface area (Å²) in [6.07, 6.45) is 2.45. The molecule has 1 rings (SSSR count). The Kier molecular flexibility index (Phi) is 3.47. The fourth-order valence-corrected chi connectivity index (χ4v) is 1.06. The molecule has 0 bridgehead atoms. The van der Waals surface area contributed by atoms with Crippen LogP contribution >= 0.6 is 11.6 Å². The monoisotopic (exact) mass is 185 g/mol. The highest BCUT2D eigenvalue weighted by molar-refractivity contribution is 6.29.